The molecule has 4 nitrogen and oxygen atoms in total. The van der Waals surface area contributed by atoms with E-state index < -0.39 is 0 Å². The minimum absolute atomic E-state index is 0. The van der Waals surface area contributed by atoms with Crippen LogP contribution in [0.5, 0.6) is 5.75 Å². The number of rotatable bonds is 10. The quantitative estimate of drug-likeness (QED) is 0.588. The van der Waals surface area contributed by atoms with Crippen molar-refractivity contribution >= 4 is 24.0 Å². The maximum absolute atomic E-state index is 13.1. The van der Waals surface area contributed by atoms with E-state index in [1.165, 1.54) is 12.1 Å². The number of nitrogens with two attached hydrogens (primary N) is 1. The molecule has 2 rings (SSSR count). The summed E-state index contributed by atoms with van der Waals surface area (Å²) in [5, 5.41) is 2.90. The maximum Gasteiger partial charge on any atom is 0.224 e. The number of benzene rings is 2. The standard InChI is InChI=1S/C20H25FN2O2.ClH/c21-17-8-6-10-19(14-17)25-15-16-7-5-9-18(13-16)23-20(24)11-3-1-2-4-12-22;/h5-10,13-14H,1-4,11-12,15,22H2,(H,23,24);1H. The fourth-order valence-electron chi connectivity index (χ4n) is 2.47. The van der Waals surface area contributed by atoms with Gasteiger partial charge in [-0.25, -0.2) is 4.39 Å². The zero-order valence-corrected chi connectivity index (χ0v) is 15.6. The van der Waals surface area contributed by atoms with Crippen LogP contribution in [0.1, 0.15) is 37.7 Å². The van der Waals surface area contributed by atoms with Crippen molar-refractivity contribution in [3.05, 3.63) is 59.9 Å². The van der Waals surface area contributed by atoms with Gasteiger partial charge in [-0.05, 0) is 49.2 Å². The minimum Gasteiger partial charge on any atom is -0.489 e. The number of hydrogen-bond acceptors (Lipinski definition) is 3. The van der Waals surface area contributed by atoms with Gasteiger partial charge in [0.1, 0.15) is 18.2 Å². The van der Waals surface area contributed by atoms with Crippen molar-refractivity contribution in [3.63, 3.8) is 0 Å². The van der Waals surface area contributed by atoms with Gasteiger partial charge in [-0.15, -0.1) is 12.4 Å². The molecule has 0 aliphatic rings. The van der Waals surface area contributed by atoms with Gasteiger partial charge >= 0.3 is 0 Å². The number of carbonyl (C=O) groups excluding carboxylic acids is 1. The van der Waals surface area contributed by atoms with Gasteiger partial charge in [0.05, 0.1) is 0 Å². The lowest BCUT2D eigenvalue weighted by Gasteiger charge is -2.09. The van der Waals surface area contributed by atoms with E-state index in [0.29, 0.717) is 25.3 Å². The molecule has 2 aromatic rings. The predicted octanol–water partition coefficient (Wildman–Crippen LogP) is 4.67. The molecular weight excluding hydrogens is 355 g/mol. The molecule has 1 amide bonds. The van der Waals surface area contributed by atoms with Crippen LogP contribution < -0.4 is 15.8 Å². The first kappa shape index (κ1) is 21.9. The summed E-state index contributed by atoms with van der Waals surface area (Å²) in [4.78, 5) is 12.0. The summed E-state index contributed by atoms with van der Waals surface area (Å²) in [7, 11) is 0. The lowest BCUT2D eigenvalue weighted by molar-refractivity contribution is -0.116. The molecule has 0 fully saturated rings. The highest BCUT2D eigenvalue weighted by Gasteiger charge is 2.04. The first-order chi connectivity index (χ1) is 12.2. The second-order valence-electron chi connectivity index (χ2n) is 5.95. The fourth-order valence-corrected chi connectivity index (χ4v) is 2.47. The Morgan fingerprint density at radius 2 is 1.81 bits per heavy atom. The summed E-state index contributed by atoms with van der Waals surface area (Å²) in [5.74, 6) is 0.160. The van der Waals surface area contributed by atoms with Crippen LogP contribution >= 0.6 is 12.4 Å². The molecule has 6 heteroatoms. The number of halogens is 2. The van der Waals surface area contributed by atoms with E-state index >= 15 is 0 Å². The lowest BCUT2D eigenvalue weighted by atomic mass is 10.1. The van der Waals surface area contributed by atoms with Gasteiger partial charge in [0.25, 0.3) is 0 Å². The van der Waals surface area contributed by atoms with Gasteiger partial charge in [-0.3, -0.25) is 4.79 Å². The molecule has 0 atom stereocenters. The highest BCUT2D eigenvalue weighted by atomic mass is 35.5. The Bertz CT molecular complexity index is 682. The topological polar surface area (TPSA) is 64.4 Å². The summed E-state index contributed by atoms with van der Waals surface area (Å²) >= 11 is 0. The molecule has 0 aliphatic carbocycles. The smallest absolute Gasteiger partial charge is 0.224 e. The highest BCUT2D eigenvalue weighted by molar-refractivity contribution is 5.90. The van der Waals surface area contributed by atoms with Gasteiger partial charge in [-0.1, -0.05) is 31.0 Å². The minimum atomic E-state index is -0.329. The van der Waals surface area contributed by atoms with Gasteiger partial charge in [0, 0.05) is 18.2 Å². The molecule has 0 aliphatic heterocycles. The number of carbonyl (C=O) groups is 1. The molecule has 0 spiro atoms. The van der Waals surface area contributed by atoms with Crippen molar-refractivity contribution in [2.75, 3.05) is 11.9 Å². The van der Waals surface area contributed by atoms with Crippen LogP contribution in [0.2, 0.25) is 0 Å². The summed E-state index contributed by atoms with van der Waals surface area (Å²) in [6.45, 7) is 1.02. The Morgan fingerprint density at radius 3 is 2.58 bits per heavy atom. The zero-order valence-electron chi connectivity index (χ0n) is 14.7. The van der Waals surface area contributed by atoms with Gasteiger partial charge in [0.2, 0.25) is 5.91 Å². The summed E-state index contributed by atoms with van der Waals surface area (Å²) < 4.78 is 18.7. The average molecular weight is 381 g/mol. The molecule has 3 N–H and O–H groups in total. The number of nitrogens with one attached hydrogen (secondary N) is 1. The van der Waals surface area contributed by atoms with Gasteiger partial charge in [0.15, 0.2) is 0 Å². The largest absolute Gasteiger partial charge is 0.489 e. The lowest BCUT2D eigenvalue weighted by Crippen LogP contribution is -2.11. The van der Waals surface area contributed by atoms with Crippen molar-refractivity contribution in [1.29, 1.82) is 0 Å². The molecule has 0 saturated carbocycles. The van der Waals surface area contributed by atoms with Crippen molar-refractivity contribution < 1.29 is 13.9 Å². The molecule has 26 heavy (non-hydrogen) atoms. The Hall–Kier alpha value is -2.11. The van der Waals surface area contributed by atoms with Crippen molar-refractivity contribution in [3.8, 4) is 5.75 Å². The SMILES string of the molecule is Cl.NCCCCCCC(=O)Nc1cccc(COc2cccc(F)c2)c1. The van der Waals surface area contributed by atoms with E-state index in [-0.39, 0.29) is 24.1 Å². The number of hydrogen-bond donors (Lipinski definition) is 2. The monoisotopic (exact) mass is 380 g/mol. The van der Waals surface area contributed by atoms with Crippen LogP contribution in [-0.2, 0) is 11.4 Å². The molecule has 0 aromatic heterocycles. The van der Waals surface area contributed by atoms with Crippen molar-refractivity contribution in [1.82, 2.24) is 0 Å². The van der Waals surface area contributed by atoms with Crippen LogP contribution in [0.15, 0.2) is 48.5 Å². The number of amides is 1. The van der Waals surface area contributed by atoms with E-state index in [1.54, 1.807) is 12.1 Å². The molecule has 2 aromatic carbocycles. The highest BCUT2D eigenvalue weighted by Crippen LogP contribution is 2.16. The molecule has 0 bridgehead atoms. The maximum atomic E-state index is 13.1. The molecule has 0 heterocycles. The summed E-state index contributed by atoms with van der Waals surface area (Å²) in [5.41, 5.74) is 7.10. The Morgan fingerprint density at radius 1 is 1.04 bits per heavy atom. The Labute approximate surface area is 160 Å². The summed E-state index contributed by atoms with van der Waals surface area (Å²) in [6, 6.07) is 13.5. The Kier molecular flexibility index (Phi) is 10.4. The number of ether oxygens (including phenoxy) is 1. The predicted molar refractivity (Wildman–Crippen MR) is 105 cm³/mol. The van der Waals surface area contributed by atoms with Crippen molar-refractivity contribution in [2.45, 2.75) is 38.7 Å². The van der Waals surface area contributed by atoms with Crippen LogP contribution in [0.3, 0.4) is 0 Å². The second kappa shape index (κ2) is 12.3. The molecule has 0 radical (unpaired) electrons. The van der Waals surface area contributed by atoms with E-state index in [4.69, 9.17) is 10.5 Å². The first-order valence-corrected chi connectivity index (χ1v) is 8.64. The average Bonchev–Trinajstić information content (AvgIpc) is 2.60. The van der Waals surface area contributed by atoms with Crippen LogP contribution in [0.4, 0.5) is 10.1 Å². The second-order valence-corrected chi connectivity index (χ2v) is 5.95. The van der Waals surface area contributed by atoms with Gasteiger partial charge in [-0.2, -0.15) is 0 Å². The van der Waals surface area contributed by atoms with E-state index in [9.17, 15) is 9.18 Å². The van der Waals surface area contributed by atoms with E-state index in [2.05, 4.69) is 5.32 Å². The van der Waals surface area contributed by atoms with Crippen molar-refractivity contribution in [2.24, 2.45) is 5.73 Å². The zero-order chi connectivity index (χ0) is 17.9. The normalized spacial score (nSPS) is 10.1. The fraction of sp³-hybridized carbons (Fsp3) is 0.350. The van der Waals surface area contributed by atoms with E-state index in [1.807, 2.05) is 24.3 Å². The molecule has 0 saturated heterocycles. The third-order valence-corrected chi connectivity index (χ3v) is 3.77. The summed E-state index contributed by atoms with van der Waals surface area (Å²) in [6.07, 6.45) is 4.47. The van der Waals surface area contributed by atoms with Crippen LogP contribution in [-0.4, -0.2) is 12.5 Å². The van der Waals surface area contributed by atoms with Crippen LogP contribution in [0, 0.1) is 5.82 Å². The third-order valence-electron chi connectivity index (χ3n) is 3.77. The number of unbranched alkanes of at least 4 members (excludes halogenated alkanes) is 3. The third kappa shape index (κ3) is 8.32. The first-order valence-electron chi connectivity index (χ1n) is 8.64. The molecule has 0 unspecified atom stereocenters. The van der Waals surface area contributed by atoms with E-state index in [0.717, 1.165) is 36.9 Å². The van der Waals surface area contributed by atoms with Crippen LogP contribution in [0.25, 0.3) is 0 Å². The molecular formula is C20H26ClFN2O2. The Balaban J connectivity index is 0.00000338. The number of anilines is 1. The van der Waals surface area contributed by atoms with Gasteiger partial charge < -0.3 is 15.8 Å². The molecule has 142 valence electrons.